The number of carbonyl (C=O) groups is 1. The number of ether oxygens (including phenoxy) is 1. The van der Waals surface area contributed by atoms with Crippen LogP contribution in [0, 0.1) is 0 Å². The van der Waals surface area contributed by atoms with Gasteiger partial charge in [0.2, 0.25) is 0 Å². The number of nitrogens with one attached hydrogen (secondary N) is 1. The maximum Gasteiger partial charge on any atom is 0.305 e. The molecule has 0 radical (unpaired) electrons. The van der Waals surface area contributed by atoms with Crippen molar-refractivity contribution in [2.24, 2.45) is 5.73 Å². The molecule has 0 bridgehead atoms. The predicted molar refractivity (Wildman–Crippen MR) is 52.4 cm³/mol. The molecule has 0 aromatic rings. The second kappa shape index (κ2) is 9.48. The van der Waals surface area contributed by atoms with Crippen molar-refractivity contribution in [3.63, 3.8) is 0 Å². The maximum atomic E-state index is 10.7. The first kappa shape index (κ1) is 12.4. The fraction of sp³-hybridized carbons (Fsp3) is 0.889. The number of hydrogen-bond donors (Lipinski definition) is 2. The van der Waals surface area contributed by atoms with Crippen LogP contribution in [-0.2, 0) is 9.53 Å². The molecule has 0 fully saturated rings. The summed E-state index contributed by atoms with van der Waals surface area (Å²) in [6, 6.07) is 0. The minimum Gasteiger partial charge on any atom is -0.469 e. The lowest BCUT2D eigenvalue weighted by molar-refractivity contribution is -0.140. The lowest BCUT2D eigenvalue weighted by Crippen LogP contribution is -2.19. The van der Waals surface area contributed by atoms with Crippen molar-refractivity contribution in [2.45, 2.75) is 25.7 Å². The van der Waals surface area contributed by atoms with Gasteiger partial charge in [-0.15, -0.1) is 0 Å². The van der Waals surface area contributed by atoms with Crippen molar-refractivity contribution in [1.29, 1.82) is 0 Å². The summed E-state index contributed by atoms with van der Waals surface area (Å²) in [6.45, 7) is 2.65. The molecule has 0 saturated carbocycles. The van der Waals surface area contributed by atoms with Gasteiger partial charge in [0.15, 0.2) is 0 Å². The number of hydrogen-bond acceptors (Lipinski definition) is 4. The Morgan fingerprint density at radius 1 is 1.31 bits per heavy atom. The molecule has 0 rings (SSSR count). The number of rotatable bonds is 8. The molecule has 0 heterocycles. The first-order valence-electron chi connectivity index (χ1n) is 4.79. The zero-order chi connectivity index (χ0) is 9.94. The molecule has 0 aliphatic heterocycles. The SMILES string of the molecule is COC(=O)CCCCNCCCN. The van der Waals surface area contributed by atoms with E-state index in [1.807, 2.05) is 0 Å². The third-order valence-corrected chi connectivity index (χ3v) is 1.77. The number of methoxy groups -OCH3 is 1. The summed E-state index contributed by atoms with van der Waals surface area (Å²) in [5.41, 5.74) is 5.33. The maximum absolute atomic E-state index is 10.7. The van der Waals surface area contributed by atoms with Gasteiger partial charge in [-0.25, -0.2) is 0 Å². The van der Waals surface area contributed by atoms with Crippen molar-refractivity contribution in [3.05, 3.63) is 0 Å². The van der Waals surface area contributed by atoms with Crippen molar-refractivity contribution in [3.8, 4) is 0 Å². The molecule has 0 aromatic carbocycles. The largest absolute Gasteiger partial charge is 0.469 e. The van der Waals surface area contributed by atoms with Gasteiger partial charge in [0.1, 0.15) is 0 Å². The fourth-order valence-electron chi connectivity index (χ4n) is 0.973. The predicted octanol–water partition coefficient (Wildman–Crippen LogP) is 0.268. The van der Waals surface area contributed by atoms with Crippen LogP contribution in [0.2, 0.25) is 0 Å². The number of esters is 1. The summed E-state index contributed by atoms with van der Waals surface area (Å²) in [4.78, 5) is 10.7. The summed E-state index contributed by atoms with van der Waals surface area (Å²) < 4.78 is 4.52. The number of unbranched alkanes of at least 4 members (excludes halogenated alkanes) is 1. The van der Waals surface area contributed by atoms with E-state index in [1.54, 1.807) is 0 Å². The molecule has 4 heteroatoms. The molecule has 0 aliphatic carbocycles. The summed E-state index contributed by atoms with van der Waals surface area (Å²) in [5.74, 6) is -0.123. The first-order chi connectivity index (χ1) is 6.31. The third-order valence-electron chi connectivity index (χ3n) is 1.77. The zero-order valence-corrected chi connectivity index (χ0v) is 8.34. The monoisotopic (exact) mass is 188 g/mol. The molecule has 13 heavy (non-hydrogen) atoms. The Labute approximate surface area is 79.8 Å². The smallest absolute Gasteiger partial charge is 0.305 e. The third kappa shape index (κ3) is 9.30. The van der Waals surface area contributed by atoms with Crippen LogP contribution in [0.25, 0.3) is 0 Å². The van der Waals surface area contributed by atoms with Gasteiger partial charge in [0, 0.05) is 6.42 Å². The van der Waals surface area contributed by atoms with E-state index in [9.17, 15) is 4.79 Å². The highest BCUT2D eigenvalue weighted by molar-refractivity contribution is 5.68. The Morgan fingerprint density at radius 3 is 2.62 bits per heavy atom. The van der Waals surface area contributed by atoms with Crippen LogP contribution in [0.15, 0.2) is 0 Å². The topological polar surface area (TPSA) is 64.3 Å². The Hall–Kier alpha value is -0.610. The van der Waals surface area contributed by atoms with Crippen LogP contribution in [0.3, 0.4) is 0 Å². The van der Waals surface area contributed by atoms with E-state index in [0.717, 1.165) is 38.9 Å². The molecule has 3 N–H and O–H groups in total. The minimum atomic E-state index is -0.123. The van der Waals surface area contributed by atoms with E-state index >= 15 is 0 Å². The average Bonchev–Trinajstić information content (AvgIpc) is 2.16. The second-order valence-corrected chi connectivity index (χ2v) is 2.93. The van der Waals surface area contributed by atoms with Gasteiger partial charge in [-0.05, 0) is 38.9 Å². The Bertz CT molecular complexity index is 129. The standard InChI is InChI=1S/C9H20N2O2/c1-13-9(12)5-2-3-7-11-8-4-6-10/h11H,2-8,10H2,1H3. The van der Waals surface area contributed by atoms with E-state index in [1.165, 1.54) is 7.11 Å². The fourth-order valence-corrected chi connectivity index (χ4v) is 0.973. The van der Waals surface area contributed by atoms with Crippen LogP contribution in [0.5, 0.6) is 0 Å². The summed E-state index contributed by atoms with van der Waals surface area (Å²) >= 11 is 0. The first-order valence-corrected chi connectivity index (χ1v) is 4.79. The Kier molecular flexibility index (Phi) is 9.03. The molecule has 0 spiro atoms. The van der Waals surface area contributed by atoms with Gasteiger partial charge in [0.25, 0.3) is 0 Å². The summed E-state index contributed by atoms with van der Waals surface area (Å²) in [6.07, 6.45) is 3.44. The minimum absolute atomic E-state index is 0.123. The molecular formula is C9H20N2O2. The van der Waals surface area contributed by atoms with Crippen LogP contribution >= 0.6 is 0 Å². The van der Waals surface area contributed by atoms with Gasteiger partial charge in [0.05, 0.1) is 7.11 Å². The molecule has 0 unspecified atom stereocenters. The van der Waals surface area contributed by atoms with Gasteiger partial charge >= 0.3 is 5.97 Å². The number of carbonyl (C=O) groups excluding carboxylic acids is 1. The zero-order valence-electron chi connectivity index (χ0n) is 8.34. The lowest BCUT2D eigenvalue weighted by Gasteiger charge is -2.02. The molecule has 0 saturated heterocycles. The van der Waals surface area contributed by atoms with Crippen LogP contribution in [-0.4, -0.2) is 32.7 Å². The van der Waals surface area contributed by atoms with E-state index in [-0.39, 0.29) is 5.97 Å². The van der Waals surface area contributed by atoms with E-state index in [4.69, 9.17) is 5.73 Å². The van der Waals surface area contributed by atoms with Gasteiger partial charge < -0.3 is 15.8 Å². The van der Waals surface area contributed by atoms with Crippen LogP contribution < -0.4 is 11.1 Å². The van der Waals surface area contributed by atoms with E-state index in [0.29, 0.717) is 6.42 Å². The highest BCUT2D eigenvalue weighted by Gasteiger charge is 1.98. The molecule has 4 nitrogen and oxygen atoms in total. The summed E-state index contributed by atoms with van der Waals surface area (Å²) in [7, 11) is 1.42. The van der Waals surface area contributed by atoms with Gasteiger partial charge in [-0.2, -0.15) is 0 Å². The number of nitrogens with two attached hydrogens (primary N) is 1. The molecule has 0 aromatic heterocycles. The van der Waals surface area contributed by atoms with Crippen molar-refractivity contribution >= 4 is 5.97 Å². The molecule has 0 amide bonds. The van der Waals surface area contributed by atoms with Crippen LogP contribution in [0.4, 0.5) is 0 Å². The summed E-state index contributed by atoms with van der Waals surface area (Å²) in [5, 5.41) is 3.25. The van der Waals surface area contributed by atoms with Crippen molar-refractivity contribution in [1.82, 2.24) is 5.32 Å². The van der Waals surface area contributed by atoms with Gasteiger partial charge in [-0.3, -0.25) is 4.79 Å². The quantitative estimate of drug-likeness (QED) is 0.424. The molecule has 78 valence electrons. The average molecular weight is 188 g/mol. The highest BCUT2D eigenvalue weighted by atomic mass is 16.5. The van der Waals surface area contributed by atoms with Crippen molar-refractivity contribution < 1.29 is 9.53 Å². The van der Waals surface area contributed by atoms with Gasteiger partial charge in [-0.1, -0.05) is 0 Å². The van der Waals surface area contributed by atoms with E-state index < -0.39 is 0 Å². The Morgan fingerprint density at radius 2 is 2.00 bits per heavy atom. The normalized spacial score (nSPS) is 10.0. The van der Waals surface area contributed by atoms with Crippen LogP contribution in [0.1, 0.15) is 25.7 Å². The van der Waals surface area contributed by atoms with E-state index in [2.05, 4.69) is 10.1 Å². The molecule has 0 atom stereocenters. The molecule has 0 aliphatic rings. The molecular weight excluding hydrogens is 168 g/mol. The Balaban J connectivity index is 2.95. The second-order valence-electron chi connectivity index (χ2n) is 2.93. The lowest BCUT2D eigenvalue weighted by atomic mass is 10.2. The highest BCUT2D eigenvalue weighted by Crippen LogP contribution is 1.95. The van der Waals surface area contributed by atoms with Crippen molar-refractivity contribution in [2.75, 3.05) is 26.7 Å².